The number of carbonyl (C=O) groups is 4. The van der Waals surface area contributed by atoms with Crippen LogP contribution in [-0.4, -0.2) is 91.9 Å². The van der Waals surface area contributed by atoms with E-state index in [1.165, 1.54) is 31.2 Å². The minimum atomic E-state index is -1.57. The molecule has 0 aromatic carbocycles. The topological polar surface area (TPSA) is 200 Å². The van der Waals surface area contributed by atoms with E-state index in [1.54, 1.807) is 0 Å². The Morgan fingerprint density at radius 2 is 1.81 bits per heavy atom. The fraction of sp³-hybridized carbons (Fsp3) is 0.611. The zero-order valence-electron chi connectivity index (χ0n) is 17.8. The number of thiol groups is 1. The van der Waals surface area contributed by atoms with E-state index in [-0.39, 0.29) is 18.6 Å². The lowest BCUT2D eigenvalue weighted by molar-refractivity contribution is -0.145. The van der Waals surface area contributed by atoms with Crippen molar-refractivity contribution in [1.82, 2.24) is 25.9 Å². The average molecular weight is 491 g/mol. The minimum absolute atomic E-state index is 0.0247. The van der Waals surface area contributed by atoms with Crippen LogP contribution in [0.15, 0.2) is 12.5 Å². The number of hydrogen-bond acceptors (Lipinski definition) is 9. The predicted octanol–water partition coefficient (Wildman–Crippen LogP) is -2.12. The van der Waals surface area contributed by atoms with Gasteiger partial charge in [-0.2, -0.15) is 24.4 Å². The summed E-state index contributed by atoms with van der Waals surface area (Å²) in [4.78, 5) is 55.9. The Hall–Kier alpha value is -2.29. The number of carboxylic acid groups (broad SMARTS) is 1. The van der Waals surface area contributed by atoms with E-state index in [0.717, 1.165) is 0 Å². The highest BCUT2D eigenvalue weighted by molar-refractivity contribution is 7.98. The number of nitrogens with zero attached hydrogens (tertiary/aromatic N) is 1. The number of nitrogens with one attached hydrogen (secondary N) is 4. The Bertz CT molecular complexity index is 763. The molecule has 1 aromatic heterocycles. The second-order valence-electron chi connectivity index (χ2n) is 7.04. The molecule has 5 atom stereocenters. The number of nitrogens with two attached hydrogens (primary N) is 1. The van der Waals surface area contributed by atoms with Gasteiger partial charge in [0, 0.05) is 24.1 Å². The summed E-state index contributed by atoms with van der Waals surface area (Å²) in [6.07, 6.45) is 3.57. The van der Waals surface area contributed by atoms with Crippen LogP contribution in [0.2, 0.25) is 0 Å². The summed E-state index contributed by atoms with van der Waals surface area (Å²) in [7, 11) is 0. The van der Waals surface area contributed by atoms with Gasteiger partial charge in [-0.1, -0.05) is 0 Å². The number of aromatic amines is 1. The van der Waals surface area contributed by atoms with E-state index in [0.29, 0.717) is 11.4 Å². The molecule has 0 aliphatic heterocycles. The SMILES string of the molecule is CSCCC(NC(=O)C(N)CS)C(=O)NC(Cc1cnc[nH]1)C(=O)NC(C(=O)O)C(C)O. The zero-order valence-corrected chi connectivity index (χ0v) is 19.5. The van der Waals surface area contributed by atoms with Gasteiger partial charge in [0.1, 0.15) is 12.1 Å². The third kappa shape index (κ3) is 9.06. The third-order valence-corrected chi connectivity index (χ3v) is 5.47. The summed E-state index contributed by atoms with van der Waals surface area (Å²) in [6.45, 7) is 1.22. The molecule has 0 aliphatic carbocycles. The van der Waals surface area contributed by atoms with Gasteiger partial charge in [0.25, 0.3) is 0 Å². The highest BCUT2D eigenvalue weighted by atomic mass is 32.2. The number of thioether (sulfide) groups is 1. The smallest absolute Gasteiger partial charge is 0.328 e. The van der Waals surface area contributed by atoms with E-state index >= 15 is 0 Å². The summed E-state index contributed by atoms with van der Waals surface area (Å²) in [5.74, 6) is -2.80. The van der Waals surface area contributed by atoms with E-state index in [2.05, 4.69) is 38.5 Å². The lowest BCUT2D eigenvalue weighted by atomic mass is 10.1. The lowest BCUT2D eigenvalue weighted by Crippen LogP contribution is -2.59. The van der Waals surface area contributed by atoms with Gasteiger partial charge >= 0.3 is 5.97 Å². The van der Waals surface area contributed by atoms with Gasteiger partial charge in [0.05, 0.1) is 18.5 Å². The molecule has 0 bridgehead atoms. The number of carboxylic acids is 1. The first-order chi connectivity index (χ1) is 15.1. The first-order valence-corrected chi connectivity index (χ1v) is 11.8. The summed E-state index contributed by atoms with van der Waals surface area (Å²) in [6, 6.07) is -4.64. The fourth-order valence-corrected chi connectivity index (χ4v) is 3.24. The summed E-state index contributed by atoms with van der Waals surface area (Å²) in [5.41, 5.74) is 6.18. The Kier molecular flexibility index (Phi) is 12.1. The van der Waals surface area contributed by atoms with Crippen molar-refractivity contribution in [1.29, 1.82) is 0 Å². The first-order valence-electron chi connectivity index (χ1n) is 9.75. The van der Waals surface area contributed by atoms with Crippen LogP contribution in [0.1, 0.15) is 19.0 Å². The third-order valence-electron chi connectivity index (χ3n) is 4.44. The van der Waals surface area contributed by atoms with Crippen LogP contribution >= 0.6 is 24.4 Å². The Balaban J connectivity index is 3.03. The highest BCUT2D eigenvalue weighted by Crippen LogP contribution is 2.06. The maximum atomic E-state index is 12.9. The molecule has 0 aliphatic rings. The van der Waals surface area contributed by atoms with Crippen molar-refractivity contribution in [3.05, 3.63) is 18.2 Å². The van der Waals surface area contributed by atoms with Crippen LogP contribution in [0.5, 0.6) is 0 Å². The number of carbonyl (C=O) groups excluding carboxylic acids is 3. The Morgan fingerprint density at radius 1 is 1.19 bits per heavy atom. The maximum Gasteiger partial charge on any atom is 0.328 e. The Morgan fingerprint density at radius 3 is 2.31 bits per heavy atom. The standard InChI is InChI=1S/C18H30N6O6S2/c1-9(25)14(18(29)30)24-17(28)13(5-10-6-20-8-21-10)23-16(27)12(3-4-32-2)22-15(26)11(19)7-31/h6,8-9,11-14,25,31H,3-5,7,19H2,1-2H3,(H,20,21)(H,22,26)(H,23,27)(H,24,28)(H,29,30). The molecule has 32 heavy (non-hydrogen) atoms. The van der Waals surface area contributed by atoms with Gasteiger partial charge in [0.2, 0.25) is 17.7 Å². The summed E-state index contributed by atoms with van der Waals surface area (Å²) >= 11 is 5.44. The van der Waals surface area contributed by atoms with Crippen LogP contribution < -0.4 is 21.7 Å². The molecule has 0 saturated heterocycles. The van der Waals surface area contributed by atoms with Crippen molar-refractivity contribution >= 4 is 48.1 Å². The number of hydrogen-bond donors (Lipinski definition) is 8. The monoisotopic (exact) mass is 490 g/mol. The molecule has 0 radical (unpaired) electrons. The van der Waals surface area contributed by atoms with Crippen molar-refractivity contribution in [2.45, 2.75) is 50.0 Å². The highest BCUT2D eigenvalue weighted by Gasteiger charge is 2.32. The molecular formula is C18H30N6O6S2. The van der Waals surface area contributed by atoms with Crippen LogP contribution in [-0.2, 0) is 25.6 Å². The van der Waals surface area contributed by atoms with E-state index in [1.807, 2.05) is 6.26 Å². The number of aliphatic hydroxyl groups is 1. The van der Waals surface area contributed by atoms with Gasteiger partial charge in [0.15, 0.2) is 6.04 Å². The van der Waals surface area contributed by atoms with Crippen LogP contribution in [0, 0.1) is 0 Å². The van der Waals surface area contributed by atoms with Gasteiger partial charge in [-0.05, 0) is 25.4 Å². The van der Waals surface area contributed by atoms with Crippen LogP contribution in [0.25, 0.3) is 0 Å². The van der Waals surface area contributed by atoms with Crippen molar-refractivity contribution in [3.63, 3.8) is 0 Å². The van der Waals surface area contributed by atoms with Crippen molar-refractivity contribution in [3.8, 4) is 0 Å². The number of aromatic nitrogens is 2. The number of aliphatic hydroxyl groups excluding tert-OH is 1. The van der Waals surface area contributed by atoms with Gasteiger partial charge in [-0.15, -0.1) is 0 Å². The molecular weight excluding hydrogens is 460 g/mol. The average Bonchev–Trinajstić information content (AvgIpc) is 3.25. The predicted molar refractivity (Wildman–Crippen MR) is 122 cm³/mol. The first kappa shape index (κ1) is 27.7. The molecule has 0 saturated carbocycles. The summed E-state index contributed by atoms with van der Waals surface area (Å²) in [5, 5.41) is 26.2. The number of rotatable bonds is 14. The lowest BCUT2D eigenvalue weighted by Gasteiger charge is -2.25. The van der Waals surface area contributed by atoms with Crippen LogP contribution in [0.4, 0.5) is 0 Å². The number of H-pyrrole nitrogens is 1. The molecule has 1 aromatic rings. The van der Waals surface area contributed by atoms with Crippen molar-refractivity contribution in [2.75, 3.05) is 17.8 Å². The van der Waals surface area contributed by atoms with E-state index in [4.69, 9.17) is 5.73 Å². The van der Waals surface area contributed by atoms with Crippen LogP contribution in [0.3, 0.4) is 0 Å². The summed E-state index contributed by atoms with van der Waals surface area (Å²) < 4.78 is 0. The second-order valence-corrected chi connectivity index (χ2v) is 8.39. The van der Waals surface area contributed by atoms with Gasteiger partial charge in [-0.3, -0.25) is 14.4 Å². The van der Waals surface area contributed by atoms with E-state index < -0.39 is 54.0 Å². The molecule has 0 fully saturated rings. The molecule has 5 unspecified atom stereocenters. The fourth-order valence-electron chi connectivity index (χ4n) is 2.61. The molecule has 0 spiro atoms. The number of imidazole rings is 1. The molecule has 14 heteroatoms. The number of aliphatic carboxylic acids is 1. The minimum Gasteiger partial charge on any atom is -0.480 e. The molecule has 1 rings (SSSR count). The molecule has 1 heterocycles. The number of amides is 3. The molecule has 12 nitrogen and oxygen atoms in total. The quantitative estimate of drug-likeness (QED) is 0.134. The normalized spacial score (nSPS) is 15.7. The molecule has 180 valence electrons. The Labute approximate surface area is 195 Å². The van der Waals surface area contributed by atoms with Gasteiger partial charge < -0.3 is 36.9 Å². The van der Waals surface area contributed by atoms with Crippen molar-refractivity contribution in [2.24, 2.45) is 5.73 Å². The second kappa shape index (κ2) is 14.0. The zero-order chi connectivity index (χ0) is 24.3. The molecule has 3 amide bonds. The maximum absolute atomic E-state index is 12.9. The van der Waals surface area contributed by atoms with E-state index in [9.17, 15) is 29.4 Å². The largest absolute Gasteiger partial charge is 0.480 e. The van der Waals surface area contributed by atoms with Crippen molar-refractivity contribution < 1.29 is 29.4 Å². The van der Waals surface area contributed by atoms with Gasteiger partial charge in [-0.25, -0.2) is 9.78 Å². The molecule has 8 N–H and O–H groups in total.